The Morgan fingerprint density at radius 2 is 0.816 bits per heavy atom. The molecule has 276 valence electrons. The second kappa shape index (κ2) is 30.5. The summed E-state index contributed by atoms with van der Waals surface area (Å²) in [6.07, 6.45) is 1.76. The van der Waals surface area contributed by atoms with E-state index in [1.54, 1.807) is 6.34 Å². The Balaban J connectivity index is 0.000000910. The Bertz CT molecular complexity index is 1060. The maximum Gasteiger partial charge on any atom is 0.0701 e. The van der Waals surface area contributed by atoms with Crippen LogP contribution in [0.5, 0.6) is 0 Å². The predicted octanol–water partition coefficient (Wildman–Crippen LogP) is 9.11. The summed E-state index contributed by atoms with van der Waals surface area (Å²) in [6, 6.07) is 13.0. The monoisotopic (exact) mass is 838 g/mol. The molecule has 11 heteroatoms. The first kappa shape index (κ1) is 47.9. The van der Waals surface area contributed by atoms with Crippen LogP contribution in [0.1, 0.15) is 101 Å². The average molecular weight is 837 g/mol. The molecule has 2 aromatic rings. The maximum absolute atomic E-state index is 8.54. The summed E-state index contributed by atoms with van der Waals surface area (Å²) in [5, 5.41) is 4.85. The first-order valence-electron chi connectivity index (χ1n) is 17.1. The van der Waals surface area contributed by atoms with Gasteiger partial charge in [-0.2, -0.15) is 0 Å². The van der Waals surface area contributed by atoms with E-state index < -0.39 is 0 Å². The molecule has 1 fully saturated rings. The third-order valence-corrected chi connectivity index (χ3v) is 7.29. The first-order valence-corrected chi connectivity index (χ1v) is 17.6. The number of carbonyl (C=O) groups excluding carboxylic acids is 1. The molecule has 0 saturated carbocycles. The van der Waals surface area contributed by atoms with Crippen LogP contribution in [0, 0.1) is 40.4 Å². The summed E-state index contributed by atoms with van der Waals surface area (Å²) in [4.78, 5) is 13.4. The summed E-state index contributed by atoms with van der Waals surface area (Å²) in [5.41, 5.74) is 8.50. The summed E-state index contributed by atoms with van der Waals surface area (Å²) < 4.78 is 32.0. The van der Waals surface area contributed by atoms with Gasteiger partial charge < -0.3 is 47.6 Å². The fourth-order valence-electron chi connectivity index (χ4n) is 4.79. The molecule has 1 saturated heterocycles. The van der Waals surface area contributed by atoms with Crippen LogP contribution in [0.4, 0.5) is 11.4 Å². The van der Waals surface area contributed by atoms with Crippen LogP contribution in [0.15, 0.2) is 41.4 Å². The molecule has 0 atom stereocenters. The summed E-state index contributed by atoms with van der Waals surface area (Å²) in [5.74, 6) is 1.74. The molecule has 0 spiro atoms. The minimum absolute atomic E-state index is 0. The van der Waals surface area contributed by atoms with Crippen LogP contribution in [0.2, 0.25) is 0 Å². The van der Waals surface area contributed by atoms with Crippen molar-refractivity contribution in [3.8, 4) is 0 Å². The minimum Gasteiger partial charge on any atom is -0.623 e. The standard InChI is InChI=1S/C25H35N2.C12H24O6.COP.Sm/c1-16(2)20-11-9-12-21(17(3)4)24(20)26-15-27-25-22(18(5)6)13-10-14-23(25)19(7)8;1-2-14-5-6-16-9-10-18-12-11-17-8-7-15-4-3-13-1;2-1-3;/h9-19H,1-8H3;1-12H2;;/q-1;;-1;. The molecule has 2 aromatic carbocycles. The molecule has 0 N–H and O–H groups in total. The van der Waals surface area contributed by atoms with Gasteiger partial charge in [0.25, 0.3) is 0 Å². The Labute approximate surface area is 330 Å². The van der Waals surface area contributed by atoms with Crippen molar-refractivity contribution in [3.63, 3.8) is 0 Å². The van der Waals surface area contributed by atoms with Gasteiger partial charge in [-0.15, -0.1) is 5.66 Å². The van der Waals surface area contributed by atoms with Gasteiger partial charge in [0, 0.05) is 40.4 Å². The zero-order valence-electron chi connectivity index (χ0n) is 30.9. The molecular formula is C38H59N2O7PSm-2. The van der Waals surface area contributed by atoms with Gasteiger partial charge >= 0.3 is 0 Å². The van der Waals surface area contributed by atoms with E-state index in [4.69, 9.17) is 43.5 Å². The normalized spacial score (nSPS) is 15.7. The Kier molecular flexibility index (Phi) is 29.8. The molecule has 0 amide bonds. The van der Waals surface area contributed by atoms with Crippen LogP contribution in [0.25, 0.3) is 5.32 Å². The first-order chi connectivity index (χ1) is 23.1. The van der Waals surface area contributed by atoms with Gasteiger partial charge in [-0.25, -0.2) is 0 Å². The number of para-hydroxylation sites is 2. The molecule has 49 heavy (non-hydrogen) atoms. The molecule has 9 nitrogen and oxygen atoms in total. The molecule has 0 radical (unpaired) electrons. The van der Waals surface area contributed by atoms with Gasteiger partial charge in [0.1, 0.15) is 0 Å². The van der Waals surface area contributed by atoms with Crippen molar-refractivity contribution in [2.75, 3.05) is 79.3 Å². The topological polar surface area (TPSA) is 98.9 Å². The zero-order valence-corrected chi connectivity index (χ0v) is 34.5. The van der Waals surface area contributed by atoms with Crippen LogP contribution in [-0.4, -0.2) is 91.3 Å². The van der Waals surface area contributed by atoms with Gasteiger partial charge in [0.2, 0.25) is 0 Å². The molecule has 1 heterocycles. The number of aliphatic imine (C=N–C) groups is 1. The SMILES string of the molecule is C1COCCOCCOCCOCCOCCO1.CC(C)c1cccc(C(C)C)c1N=C[N-]c1c(C(C)C)cccc1C(C)C.O=C=[P-].[Sm]. The third kappa shape index (κ3) is 21.1. The molecular weight excluding hydrogens is 778 g/mol. The van der Waals surface area contributed by atoms with Crippen molar-refractivity contribution < 1.29 is 73.6 Å². The maximum atomic E-state index is 8.54. The number of hydrogen-bond acceptors (Lipinski definition) is 8. The Morgan fingerprint density at radius 3 is 1.06 bits per heavy atom. The Hall–Kier alpha value is -1.11. The van der Waals surface area contributed by atoms with E-state index in [2.05, 4.69) is 101 Å². The summed E-state index contributed by atoms with van der Waals surface area (Å²) >= 11 is 0. The third-order valence-electron chi connectivity index (χ3n) is 7.29. The number of rotatable bonds is 7. The van der Waals surface area contributed by atoms with Crippen molar-refractivity contribution in [3.05, 3.63) is 64.0 Å². The van der Waals surface area contributed by atoms with Crippen LogP contribution >= 0.6 is 8.86 Å². The van der Waals surface area contributed by atoms with Gasteiger partial charge in [0.05, 0.1) is 79.3 Å². The van der Waals surface area contributed by atoms with Crippen molar-refractivity contribution in [1.82, 2.24) is 0 Å². The second-order valence-corrected chi connectivity index (χ2v) is 12.5. The van der Waals surface area contributed by atoms with Gasteiger partial charge in [-0.1, -0.05) is 98.1 Å². The van der Waals surface area contributed by atoms with Crippen LogP contribution < -0.4 is 0 Å². The van der Waals surface area contributed by atoms with E-state index in [0.717, 1.165) is 11.4 Å². The number of hydrogen-bond donors (Lipinski definition) is 0. The zero-order chi connectivity index (χ0) is 35.6. The van der Waals surface area contributed by atoms with E-state index >= 15 is 0 Å². The molecule has 0 aliphatic carbocycles. The van der Waals surface area contributed by atoms with E-state index in [1.165, 1.54) is 27.9 Å². The fourth-order valence-corrected chi connectivity index (χ4v) is 4.79. The molecule has 1 aliphatic rings. The summed E-state index contributed by atoms with van der Waals surface area (Å²) in [7, 11) is 2.98. The van der Waals surface area contributed by atoms with Crippen LogP contribution in [0.3, 0.4) is 0 Å². The minimum atomic E-state index is 0. The largest absolute Gasteiger partial charge is 0.623 e. The molecule has 0 unspecified atom stereocenters. The van der Waals surface area contributed by atoms with Crippen molar-refractivity contribution in [1.29, 1.82) is 0 Å². The summed E-state index contributed by atoms with van der Waals surface area (Å²) in [6.45, 7) is 24.8. The van der Waals surface area contributed by atoms with E-state index in [9.17, 15) is 0 Å². The smallest absolute Gasteiger partial charge is 0.0701 e. The fraction of sp³-hybridized carbons (Fsp3) is 0.632. The van der Waals surface area contributed by atoms with E-state index in [-0.39, 0.29) is 40.4 Å². The molecule has 0 aromatic heterocycles. The second-order valence-electron chi connectivity index (χ2n) is 12.3. The van der Waals surface area contributed by atoms with Gasteiger partial charge in [-0.3, -0.25) is 4.79 Å². The van der Waals surface area contributed by atoms with Crippen molar-refractivity contribution >= 4 is 32.2 Å². The predicted molar refractivity (Wildman–Crippen MR) is 198 cm³/mol. The molecule has 0 bridgehead atoms. The van der Waals surface area contributed by atoms with E-state index in [0.29, 0.717) is 103 Å². The van der Waals surface area contributed by atoms with Gasteiger partial charge in [0.15, 0.2) is 0 Å². The quantitative estimate of drug-likeness (QED) is 0.156. The van der Waals surface area contributed by atoms with Crippen LogP contribution in [-0.2, 0) is 33.2 Å². The molecule has 3 rings (SSSR count). The number of ether oxygens (including phenoxy) is 6. The van der Waals surface area contributed by atoms with E-state index in [1.807, 2.05) is 0 Å². The number of benzene rings is 2. The van der Waals surface area contributed by atoms with Crippen molar-refractivity contribution in [2.24, 2.45) is 4.99 Å². The molecule has 1 aliphatic heterocycles. The van der Waals surface area contributed by atoms with Crippen molar-refractivity contribution in [2.45, 2.75) is 79.1 Å². The number of nitrogens with zero attached hydrogens (tertiary/aromatic N) is 2. The Morgan fingerprint density at radius 1 is 0.571 bits per heavy atom. The van der Waals surface area contributed by atoms with Gasteiger partial charge in [-0.05, 0) is 57.3 Å². The average Bonchev–Trinajstić information content (AvgIpc) is 3.05.